The molecule has 1 unspecified atom stereocenters. The van der Waals surface area contributed by atoms with Gasteiger partial charge in [0.05, 0.1) is 39.7 Å². The van der Waals surface area contributed by atoms with Crippen LogP contribution in [0.5, 0.6) is 11.5 Å². The average Bonchev–Trinajstić information content (AvgIpc) is 3.01. The molecular formula is C33H37N3O7. The van der Waals surface area contributed by atoms with Crippen molar-refractivity contribution in [2.75, 3.05) is 32.8 Å². The van der Waals surface area contributed by atoms with E-state index in [1.807, 2.05) is 79.4 Å². The maximum absolute atomic E-state index is 14.1. The average molecular weight is 588 g/mol. The van der Waals surface area contributed by atoms with Gasteiger partial charge in [0.25, 0.3) is 5.56 Å². The van der Waals surface area contributed by atoms with E-state index >= 15 is 0 Å². The Hall–Kier alpha value is -4.67. The van der Waals surface area contributed by atoms with Gasteiger partial charge in [-0.15, -0.1) is 0 Å². The van der Waals surface area contributed by atoms with Crippen LogP contribution in [-0.2, 0) is 24.2 Å². The molecule has 0 amide bonds. The Labute approximate surface area is 250 Å². The van der Waals surface area contributed by atoms with Crippen molar-refractivity contribution >= 4 is 11.8 Å². The fourth-order valence-electron chi connectivity index (χ4n) is 5.11. The van der Waals surface area contributed by atoms with Gasteiger partial charge in [0.2, 0.25) is 0 Å². The first-order valence-corrected chi connectivity index (χ1v) is 13.8. The minimum atomic E-state index is -0.887. The van der Waals surface area contributed by atoms with E-state index in [2.05, 4.69) is 4.98 Å². The van der Waals surface area contributed by atoms with Crippen molar-refractivity contribution < 1.29 is 29.2 Å². The lowest BCUT2D eigenvalue weighted by Gasteiger charge is -2.26. The van der Waals surface area contributed by atoms with Crippen molar-refractivity contribution in [2.45, 2.75) is 39.5 Å². The summed E-state index contributed by atoms with van der Waals surface area (Å²) in [6.45, 7) is 4.02. The first-order valence-electron chi connectivity index (χ1n) is 13.8. The lowest BCUT2D eigenvalue weighted by atomic mass is 10.00. The lowest BCUT2D eigenvalue weighted by molar-refractivity contribution is 0.0598. The highest BCUT2D eigenvalue weighted by atomic mass is 16.5. The van der Waals surface area contributed by atoms with Gasteiger partial charge in [-0.3, -0.25) is 9.36 Å². The van der Waals surface area contributed by atoms with Crippen LogP contribution in [-0.4, -0.2) is 59.8 Å². The summed E-state index contributed by atoms with van der Waals surface area (Å²) < 4.78 is 17.0. The Bertz CT molecular complexity index is 1540. The number of aliphatic hydroxyl groups is 2. The van der Waals surface area contributed by atoms with Crippen LogP contribution in [0.25, 0.3) is 5.69 Å². The van der Waals surface area contributed by atoms with Crippen LogP contribution in [0.15, 0.2) is 71.8 Å². The largest absolute Gasteiger partial charge is 0.497 e. The van der Waals surface area contributed by atoms with Crippen molar-refractivity contribution in [1.29, 1.82) is 0 Å². The summed E-state index contributed by atoms with van der Waals surface area (Å²) in [5.41, 5.74) is 3.98. The van der Waals surface area contributed by atoms with E-state index in [1.165, 1.54) is 18.0 Å². The number of hydrogen-bond donors (Lipinski definition) is 2. The second-order valence-electron chi connectivity index (χ2n) is 10.3. The van der Waals surface area contributed by atoms with Crippen molar-refractivity contribution in [3.8, 4) is 17.2 Å². The van der Waals surface area contributed by atoms with Crippen molar-refractivity contribution in [3.63, 3.8) is 0 Å². The van der Waals surface area contributed by atoms with Gasteiger partial charge in [0.1, 0.15) is 17.8 Å². The molecule has 0 fully saturated rings. The zero-order valence-corrected chi connectivity index (χ0v) is 25.0. The van der Waals surface area contributed by atoms with Crippen LogP contribution in [0.2, 0.25) is 0 Å². The van der Waals surface area contributed by atoms with Crippen LogP contribution in [0.1, 0.15) is 38.2 Å². The monoisotopic (exact) mass is 587 g/mol. The number of benzene rings is 3. The van der Waals surface area contributed by atoms with Crippen LogP contribution < -0.4 is 19.9 Å². The van der Waals surface area contributed by atoms with E-state index in [1.54, 1.807) is 14.2 Å². The van der Waals surface area contributed by atoms with Crippen LogP contribution in [0, 0.1) is 13.8 Å². The first-order chi connectivity index (χ1) is 20.7. The van der Waals surface area contributed by atoms with Crippen molar-refractivity contribution in [3.05, 3.63) is 111 Å². The fraction of sp³-hybridized carbons (Fsp3) is 0.303. The number of rotatable bonds is 12. The molecule has 4 rings (SSSR count). The molecule has 10 nitrogen and oxygen atoms in total. The number of aryl methyl sites for hydroxylation is 2. The Kier molecular flexibility index (Phi) is 10.2. The van der Waals surface area contributed by atoms with Gasteiger partial charge < -0.3 is 29.3 Å². The summed E-state index contributed by atoms with van der Waals surface area (Å²) in [5, 5.41) is 19.2. The minimum Gasteiger partial charge on any atom is -0.497 e. The molecule has 43 heavy (non-hydrogen) atoms. The molecular weight excluding hydrogens is 550 g/mol. The number of esters is 1. The summed E-state index contributed by atoms with van der Waals surface area (Å²) in [5.74, 6) is 0.820. The highest BCUT2D eigenvalue weighted by Gasteiger charge is 2.26. The molecule has 0 radical (unpaired) electrons. The van der Waals surface area contributed by atoms with E-state index in [0.717, 1.165) is 27.8 Å². The number of methoxy groups -OCH3 is 3. The number of aromatic nitrogens is 2. The topological polar surface area (TPSA) is 123 Å². The van der Waals surface area contributed by atoms with Gasteiger partial charge >= 0.3 is 5.97 Å². The normalized spacial score (nSPS) is 11.6. The number of aliphatic hydroxyl groups excluding tert-OH is 2. The minimum absolute atomic E-state index is 0.189. The molecule has 3 aromatic carbocycles. The first kappa shape index (κ1) is 31.3. The summed E-state index contributed by atoms with van der Waals surface area (Å²) in [7, 11) is 4.43. The quantitative estimate of drug-likeness (QED) is 0.239. The molecule has 1 heterocycles. The molecule has 10 heteroatoms. The van der Waals surface area contributed by atoms with Gasteiger partial charge in [-0.1, -0.05) is 36.4 Å². The molecule has 0 aliphatic rings. The molecule has 0 bridgehead atoms. The molecule has 0 saturated carbocycles. The molecule has 0 aliphatic carbocycles. The molecule has 1 atom stereocenters. The Morgan fingerprint density at radius 3 is 1.84 bits per heavy atom. The SMILES string of the molecule is COC(=O)c1c(N(Cc2ccc(OC)cc2)Cc2ccc(OC)cc2)ncn(-c2c(C)cc(CC(O)CO)cc2C)c1=O. The summed E-state index contributed by atoms with van der Waals surface area (Å²) >= 11 is 0. The Balaban J connectivity index is 1.83. The van der Waals surface area contributed by atoms with E-state index < -0.39 is 17.6 Å². The van der Waals surface area contributed by atoms with E-state index in [0.29, 0.717) is 30.3 Å². The number of anilines is 1. The van der Waals surface area contributed by atoms with Gasteiger partial charge in [0.15, 0.2) is 11.4 Å². The summed E-state index contributed by atoms with van der Waals surface area (Å²) in [6, 6.07) is 18.8. The van der Waals surface area contributed by atoms with Crippen LogP contribution in [0.4, 0.5) is 5.82 Å². The molecule has 0 spiro atoms. The summed E-state index contributed by atoms with van der Waals surface area (Å²) in [6.07, 6.45) is 0.807. The molecule has 2 N–H and O–H groups in total. The predicted octanol–water partition coefficient (Wildman–Crippen LogP) is 3.76. The van der Waals surface area contributed by atoms with E-state index in [4.69, 9.17) is 14.2 Å². The lowest BCUT2D eigenvalue weighted by Crippen LogP contribution is -2.33. The molecule has 4 aromatic rings. The smallest absolute Gasteiger partial charge is 0.347 e. The number of nitrogens with zero attached hydrogens (tertiary/aromatic N) is 3. The zero-order valence-electron chi connectivity index (χ0n) is 25.0. The van der Waals surface area contributed by atoms with E-state index in [9.17, 15) is 19.8 Å². The third-order valence-corrected chi connectivity index (χ3v) is 7.18. The van der Waals surface area contributed by atoms with Crippen LogP contribution in [0.3, 0.4) is 0 Å². The Morgan fingerprint density at radius 1 is 0.884 bits per heavy atom. The van der Waals surface area contributed by atoms with Crippen molar-refractivity contribution in [1.82, 2.24) is 9.55 Å². The number of carbonyl (C=O) groups excluding carboxylic acids is 1. The van der Waals surface area contributed by atoms with E-state index in [-0.39, 0.29) is 24.4 Å². The zero-order chi connectivity index (χ0) is 31.1. The molecule has 0 saturated heterocycles. The maximum atomic E-state index is 14.1. The van der Waals surface area contributed by atoms with Gasteiger partial charge in [-0.05, 0) is 65.9 Å². The third kappa shape index (κ3) is 7.22. The van der Waals surface area contributed by atoms with Crippen LogP contribution >= 0.6 is 0 Å². The highest BCUT2D eigenvalue weighted by molar-refractivity contribution is 5.94. The predicted molar refractivity (Wildman–Crippen MR) is 163 cm³/mol. The second-order valence-corrected chi connectivity index (χ2v) is 10.3. The third-order valence-electron chi connectivity index (χ3n) is 7.18. The number of ether oxygens (including phenoxy) is 3. The van der Waals surface area contributed by atoms with Gasteiger partial charge in [-0.2, -0.15) is 0 Å². The van der Waals surface area contributed by atoms with Crippen molar-refractivity contribution in [2.24, 2.45) is 0 Å². The molecule has 226 valence electrons. The van der Waals surface area contributed by atoms with Gasteiger partial charge in [0, 0.05) is 19.5 Å². The maximum Gasteiger partial charge on any atom is 0.347 e. The fourth-order valence-corrected chi connectivity index (χ4v) is 5.11. The number of carbonyl (C=O) groups is 1. The van der Waals surface area contributed by atoms with Gasteiger partial charge in [-0.25, -0.2) is 9.78 Å². The standard InChI is InChI=1S/C33H37N3O7/c1-21-14-25(16-26(38)19-37)15-22(2)30(21)36-20-34-31(29(32(36)39)33(40)43-5)35(17-23-6-10-27(41-3)11-7-23)18-24-8-12-28(42-4)13-9-24/h6-15,20,26,37-38H,16-19H2,1-5H3. The number of hydrogen-bond acceptors (Lipinski definition) is 9. The molecule has 0 aliphatic heterocycles. The molecule has 1 aromatic heterocycles. The highest BCUT2D eigenvalue weighted by Crippen LogP contribution is 2.26. The Morgan fingerprint density at radius 2 is 1.40 bits per heavy atom. The second kappa shape index (κ2) is 14.0. The summed E-state index contributed by atoms with van der Waals surface area (Å²) in [4.78, 5) is 33.8.